The van der Waals surface area contributed by atoms with E-state index in [1.807, 2.05) is 6.92 Å². The Morgan fingerprint density at radius 3 is 2.32 bits per heavy atom. The molecule has 0 aliphatic heterocycles. The minimum atomic E-state index is -0.587. The molecule has 0 aromatic heterocycles. The van der Waals surface area contributed by atoms with E-state index in [1.165, 1.54) is 18.2 Å². The summed E-state index contributed by atoms with van der Waals surface area (Å²) in [5, 5.41) is 16.4. The van der Waals surface area contributed by atoms with Gasteiger partial charge in [0.25, 0.3) is 5.69 Å². The summed E-state index contributed by atoms with van der Waals surface area (Å²) < 4.78 is 5.25. The maximum Gasteiger partial charge on any atom is 0.407 e. The number of hydrogen-bond acceptors (Lipinski definition) is 5. The number of carbonyl (C=O) groups excluding carboxylic acids is 2. The van der Waals surface area contributed by atoms with E-state index >= 15 is 0 Å². The average Bonchev–Trinajstić information content (AvgIpc) is 3.43. The number of benzene rings is 1. The van der Waals surface area contributed by atoms with Crippen molar-refractivity contribution in [1.82, 2.24) is 10.6 Å². The molecule has 1 aliphatic rings. The third kappa shape index (κ3) is 6.68. The zero-order chi connectivity index (χ0) is 20.9. The minimum absolute atomic E-state index is 0.00359. The lowest BCUT2D eigenvalue weighted by atomic mass is 9.95. The summed E-state index contributed by atoms with van der Waals surface area (Å²) in [5.74, 6) is -0.00194. The van der Waals surface area contributed by atoms with Crippen LogP contribution in [0.5, 0.6) is 0 Å². The van der Waals surface area contributed by atoms with Gasteiger partial charge in [-0.15, -0.1) is 0 Å². The van der Waals surface area contributed by atoms with Crippen LogP contribution in [-0.4, -0.2) is 34.6 Å². The van der Waals surface area contributed by atoms with E-state index in [2.05, 4.69) is 10.6 Å². The number of nitro benzene ring substituents is 1. The lowest BCUT2D eigenvalue weighted by molar-refractivity contribution is -0.384. The molecule has 1 fully saturated rings. The van der Waals surface area contributed by atoms with E-state index in [-0.39, 0.29) is 18.1 Å². The Labute approximate surface area is 164 Å². The number of non-ortho nitro benzene ring substituents is 1. The first-order valence-electron chi connectivity index (χ1n) is 9.20. The molecule has 2 amide bonds. The molecule has 1 atom stereocenters. The molecule has 1 saturated carbocycles. The minimum Gasteiger partial charge on any atom is -0.444 e. The summed E-state index contributed by atoms with van der Waals surface area (Å²) in [5.41, 5.74) is -0.484. The number of rotatable bonds is 7. The number of nitro groups is 1. The Hall–Kier alpha value is -2.90. The predicted molar refractivity (Wildman–Crippen MR) is 106 cm³/mol. The van der Waals surface area contributed by atoms with E-state index < -0.39 is 22.2 Å². The largest absolute Gasteiger partial charge is 0.444 e. The van der Waals surface area contributed by atoms with Crippen LogP contribution in [0, 0.1) is 16.0 Å². The summed E-state index contributed by atoms with van der Waals surface area (Å²) in [7, 11) is 0. The van der Waals surface area contributed by atoms with Gasteiger partial charge in [0.2, 0.25) is 5.91 Å². The molecule has 0 heterocycles. The van der Waals surface area contributed by atoms with Gasteiger partial charge in [0.05, 0.1) is 10.5 Å². The zero-order valence-electron chi connectivity index (χ0n) is 16.7. The van der Waals surface area contributed by atoms with Crippen LogP contribution in [0.4, 0.5) is 10.5 Å². The first-order valence-corrected chi connectivity index (χ1v) is 9.20. The standard InChI is InChI=1S/C20H27N3O5/c1-19(2,3)28-18(25)21-13-20(4,15-8-9-15)22-17(24)12-7-14-5-10-16(11-6-14)23(26)27/h5-7,10-12,15H,8-9,13H2,1-4H3,(H,21,25)(H,22,24). The SMILES string of the molecule is CC(C)(C)OC(=O)NCC(C)(NC(=O)C=Cc1ccc([N+](=O)[O-])cc1)C1CC1. The van der Waals surface area contributed by atoms with Crippen molar-refractivity contribution >= 4 is 23.8 Å². The van der Waals surface area contributed by atoms with Crippen LogP contribution in [0.15, 0.2) is 30.3 Å². The second-order valence-electron chi connectivity index (χ2n) is 8.22. The van der Waals surface area contributed by atoms with Crippen molar-refractivity contribution in [2.24, 2.45) is 5.92 Å². The predicted octanol–water partition coefficient (Wildman–Crippen LogP) is 3.42. The fraction of sp³-hybridized carbons (Fsp3) is 0.500. The number of carbonyl (C=O) groups is 2. The number of nitrogens with one attached hydrogen (secondary N) is 2. The van der Waals surface area contributed by atoms with Gasteiger partial charge in [0.1, 0.15) is 5.60 Å². The van der Waals surface area contributed by atoms with Crippen LogP contribution in [0.2, 0.25) is 0 Å². The zero-order valence-corrected chi connectivity index (χ0v) is 16.7. The molecule has 1 aromatic carbocycles. The molecule has 28 heavy (non-hydrogen) atoms. The van der Waals surface area contributed by atoms with E-state index in [9.17, 15) is 19.7 Å². The Morgan fingerprint density at radius 2 is 1.82 bits per heavy atom. The second-order valence-corrected chi connectivity index (χ2v) is 8.22. The summed E-state index contributed by atoms with van der Waals surface area (Å²) >= 11 is 0. The van der Waals surface area contributed by atoms with E-state index in [4.69, 9.17) is 4.74 Å². The molecule has 8 nitrogen and oxygen atoms in total. The molecular weight excluding hydrogens is 362 g/mol. The Kier molecular flexibility index (Phi) is 6.43. The molecule has 0 saturated heterocycles. The Morgan fingerprint density at radius 1 is 1.21 bits per heavy atom. The molecule has 0 radical (unpaired) electrons. The third-order valence-electron chi connectivity index (χ3n) is 4.42. The van der Waals surface area contributed by atoms with Gasteiger partial charge in [0, 0.05) is 24.8 Å². The normalized spacial score (nSPS) is 16.3. The third-order valence-corrected chi connectivity index (χ3v) is 4.42. The summed E-state index contributed by atoms with van der Waals surface area (Å²) in [6.07, 6.45) is 4.43. The second kappa shape index (κ2) is 8.41. The maximum atomic E-state index is 12.4. The fourth-order valence-corrected chi connectivity index (χ4v) is 2.78. The quantitative estimate of drug-likeness (QED) is 0.422. The highest BCUT2D eigenvalue weighted by Crippen LogP contribution is 2.39. The monoisotopic (exact) mass is 389 g/mol. The molecule has 1 aromatic rings. The van der Waals surface area contributed by atoms with Crippen LogP contribution < -0.4 is 10.6 Å². The van der Waals surface area contributed by atoms with Crippen LogP contribution in [0.1, 0.15) is 46.1 Å². The van der Waals surface area contributed by atoms with Gasteiger partial charge in [-0.25, -0.2) is 4.79 Å². The van der Waals surface area contributed by atoms with Crippen LogP contribution in [0.3, 0.4) is 0 Å². The molecule has 1 unspecified atom stereocenters. The van der Waals surface area contributed by atoms with Crippen molar-refractivity contribution in [3.05, 3.63) is 46.0 Å². The highest BCUT2D eigenvalue weighted by atomic mass is 16.6. The van der Waals surface area contributed by atoms with Crippen molar-refractivity contribution in [3.63, 3.8) is 0 Å². The fourth-order valence-electron chi connectivity index (χ4n) is 2.78. The van der Waals surface area contributed by atoms with E-state index in [0.29, 0.717) is 11.5 Å². The van der Waals surface area contributed by atoms with Gasteiger partial charge in [-0.05, 0) is 70.2 Å². The first kappa shape index (κ1) is 21.4. The van der Waals surface area contributed by atoms with Gasteiger partial charge in [-0.3, -0.25) is 14.9 Å². The van der Waals surface area contributed by atoms with Crippen molar-refractivity contribution in [2.45, 2.75) is 51.7 Å². The van der Waals surface area contributed by atoms with Crippen LogP contribution in [0.25, 0.3) is 6.08 Å². The Bertz CT molecular complexity index is 763. The molecule has 1 aliphatic carbocycles. The number of hydrogen-bond donors (Lipinski definition) is 2. The van der Waals surface area contributed by atoms with Crippen molar-refractivity contribution in [1.29, 1.82) is 0 Å². The van der Waals surface area contributed by atoms with Crippen LogP contribution >= 0.6 is 0 Å². The van der Waals surface area contributed by atoms with Gasteiger partial charge < -0.3 is 15.4 Å². The lowest BCUT2D eigenvalue weighted by Crippen LogP contribution is -2.55. The molecular formula is C20H27N3O5. The summed E-state index contributed by atoms with van der Waals surface area (Å²) in [4.78, 5) is 34.5. The van der Waals surface area contributed by atoms with Crippen molar-refractivity contribution in [2.75, 3.05) is 6.54 Å². The number of nitrogens with zero attached hydrogens (tertiary/aromatic N) is 1. The Balaban J connectivity index is 1.94. The molecule has 0 spiro atoms. The smallest absolute Gasteiger partial charge is 0.407 e. The van der Waals surface area contributed by atoms with Gasteiger partial charge >= 0.3 is 6.09 Å². The average molecular weight is 389 g/mol. The van der Waals surface area contributed by atoms with Crippen molar-refractivity contribution in [3.8, 4) is 0 Å². The number of amides is 2. The molecule has 2 N–H and O–H groups in total. The van der Waals surface area contributed by atoms with Gasteiger partial charge in [-0.1, -0.05) is 0 Å². The van der Waals surface area contributed by atoms with Crippen molar-refractivity contribution < 1.29 is 19.2 Å². The summed E-state index contributed by atoms with van der Waals surface area (Å²) in [6.45, 7) is 7.54. The maximum absolute atomic E-state index is 12.4. The molecule has 152 valence electrons. The molecule has 0 bridgehead atoms. The highest BCUT2D eigenvalue weighted by molar-refractivity contribution is 5.92. The highest BCUT2D eigenvalue weighted by Gasteiger charge is 2.42. The topological polar surface area (TPSA) is 111 Å². The van der Waals surface area contributed by atoms with Crippen LogP contribution in [-0.2, 0) is 9.53 Å². The lowest BCUT2D eigenvalue weighted by Gasteiger charge is -2.31. The van der Waals surface area contributed by atoms with Gasteiger partial charge in [-0.2, -0.15) is 0 Å². The van der Waals surface area contributed by atoms with Gasteiger partial charge in [0.15, 0.2) is 0 Å². The number of alkyl carbamates (subject to hydrolysis) is 1. The first-order chi connectivity index (χ1) is 13.0. The van der Waals surface area contributed by atoms with E-state index in [1.54, 1.807) is 39.0 Å². The molecule has 2 rings (SSSR count). The summed E-state index contributed by atoms with van der Waals surface area (Å²) in [6, 6.07) is 5.92. The van der Waals surface area contributed by atoms with E-state index in [0.717, 1.165) is 12.8 Å². The number of ether oxygens (including phenoxy) is 1. The molecule has 8 heteroatoms.